The van der Waals surface area contributed by atoms with E-state index in [2.05, 4.69) is 15.3 Å². The van der Waals surface area contributed by atoms with Crippen molar-refractivity contribution in [1.29, 1.82) is 0 Å². The van der Waals surface area contributed by atoms with Crippen LogP contribution in [0.25, 0.3) is 16.2 Å². The zero-order chi connectivity index (χ0) is 18.2. The number of carbonyl (C=O) groups is 1. The summed E-state index contributed by atoms with van der Waals surface area (Å²) in [7, 11) is 0. The van der Waals surface area contributed by atoms with Gasteiger partial charge in [-0.3, -0.25) is 9.20 Å². The maximum absolute atomic E-state index is 12.3. The second kappa shape index (κ2) is 6.67. The van der Waals surface area contributed by atoms with Gasteiger partial charge in [0.25, 0.3) is 0 Å². The van der Waals surface area contributed by atoms with Crippen molar-refractivity contribution in [2.24, 2.45) is 0 Å². The molecule has 27 heavy (non-hydrogen) atoms. The minimum absolute atomic E-state index is 0.135. The molecule has 4 heterocycles. The molecule has 0 spiro atoms. The van der Waals surface area contributed by atoms with Crippen LogP contribution in [0.5, 0.6) is 11.5 Å². The van der Waals surface area contributed by atoms with E-state index in [1.54, 1.807) is 11.3 Å². The fourth-order valence-electron chi connectivity index (χ4n) is 2.86. The van der Waals surface area contributed by atoms with Crippen molar-refractivity contribution >= 4 is 38.7 Å². The van der Waals surface area contributed by atoms with Gasteiger partial charge in [0.05, 0.1) is 17.8 Å². The molecule has 4 aromatic rings. The van der Waals surface area contributed by atoms with Crippen LogP contribution in [-0.4, -0.2) is 33.5 Å². The van der Waals surface area contributed by atoms with E-state index in [0.717, 1.165) is 33.4 Å². The van der Waals surface area contributed by atoms with E-state index in [4.69, 9.17) is 9.47 Å². The first-order valence-corrected chi connectivity index (χ1v) is 10.1. The lowest BCUT2D eigenvalue weighted by Gasteiger charge is -2.18. The molecule has 5 rings (SSSR count). The molecule has 0 bridgehead atoms. The summed E-state index contributed by atoms with van der Waals surface area (Å²) in [5.74, 6) is 1.33. The summed E-state index contributed by atoms with van der Waals surface area (Å²) in [5, 5.41) is 7.28. The van der Waals surface area contributed by atoms with Gasteiger partial charge in [0.2, 0.25) is 5.91 Å². The smallest absolute Gasteiger partial charge is 0.232 e. The lowest BCUT2D eigenvalue weighted by Crippen LogP contribution is -2.15. The third-order valence-corrected chi connectivity index (χ3v) is 5.60. The molecular formula is C18H14N4O3S2. The lowest BCUT2D eigenvalue weighted by molar-refractivity contribution is -0.115. The van der Waals surface area contributed by atoms with E-state index >= 15 is 0 Å². The Bertz CT molecular complexity index is 1100. The largest absolute Gasteiger partial charge is 0.486 e. The third-order valence-electron chi connectivity index (χ3n) is 4.07. The topological polar surface area (TPSA) is 77.8 Å². The van der Waals surface area contributed by atoms with Gasteiger partial charge in [-0.15, -0.1) is 22.7 Å². The van der Waals surface area contributed by atoms with E-state index in [1.807, 2.05) is 45.8 Å². The van der Waals surface area contributed by atoms with Crippen molar-refractivity contribution in [1.82, 2.24) is 14.4 Å². The number of ether oxygens (including phenoxy) is 2. The Labute approximate surface area is 162 Å². The summed E-state index contributed by atoms with van der Waals surface area (Å²) in [6, 6.07) is 5.73. The number of nitrogens with one attached hydrogen (secondary N) is 1. The lowest BCUT2D eigenvalue weighted by atomic mass is 10.1. The molecular weight excluding hydrogens is 384 g/mol. The number of imidazole rings is 1. The Balaban J connectivity index is 1.28. The van der Waals surface area contributed by atoms with Gasteiger partial charge in [-0.2, -0.15) is 0 Å². The number of hydrogen-bond acceptors (Lipinski definition) is 7. The second-order valence-electron chi connectivity index (χ2n) is 5.95. The number of benzene rings is 1. The van der Waals surface area contributed by atoms with Crippen LogP contribution >= 0.6 is 22.7 Å². The number of amides is 1. The number of nitrogens with zero attached hydrogens (tertiary/aromatic N) is 3. The number of aromatic nitrogens is 3. The highest BCUT2D eigenvalue weighted by molar-refractivity contribution is 7.15. The summed E-state index contributed by atoms with van der Waals surface area (Å²) < 4.78 is 13.1. The molecule has 1 amide bonds. The minimum Gasteiger partial charge on any atom is -0.486 e. The third kappa shape index (κ3) is 3.26. The molecule has 0 unspecified atom stereocenters. The molecule has 1 aromatic carbocycles. The van der Waals surface area contributed by atoms with Crippen molar-refractivity contribution < 1.29 is 14.3 Å². The molecule has 0 saturated heterocycles. The number of carbonyl (C=O) groups excluding carboxylic acids is 1. The molecule has 1 aliphatic heterocycles. The number of thiazole rings is 2. The zero-order valence-electron chi connectivity index (χ0n) is 14.0. The molecule has 0 atom stereocenters. The Morgan fingerprint density at radius 1 is 1.19 bits per heavy atom. The SMILES string of the molecule is O=C(Cc1cn2ccsc2n1)Nc1nc(-c2ccc3c(c2)OCCO3)cs1. The fourth-order valence-corrected chi connectivity index (χ4v) is 4.31. The molecule has 7 nitrogen and oxygen atoms in total. The van der Waals surface area contributed by atoms with Gasteiger partial charge in [0.15, 0.2) is 21.6 Å². The molecule has 3 aromatic heterocycles. The highest BCUT2D eigenvalue weighted by Gasteiger charge is 2.15. The van der Waals surface area contributed by atoms with Crippen LogP contribution in [0.1, 0.15) is 5.69 Å². The van der Waals surface area contributed by atoms with Crippen LogP contribution in [0.2, 0.25) is 0 Å². The van der Waals surface area contributed by atoms with Crippen LogP contribution in [0.3, 0.4) is 0 Å². The normalized spacial score (nSPS) is 13.0. The maximum Gasteiger partial charge on any atom is 0.232 e. The Morgan fingerprint density at radius 2 is 2.07 bits per heavy atom. The Hall–Kier alpha value is -2.91. The average Bonchev–Trinajstić information content (AvgIpc) is 3.38. The highest BCUT2D eigenvalue weighted by Crippen LogP contribution is 2.35. The summed E-state index contributed by atoms with van der Waals surface area (Å²) in [4.78, 5) is 22.1. The first kappa shape index (κ1) is 16.3. The van der Waals surface area contributed by atoms with Gasteiger partial charge in [0.1, 0.15) is 13.2 Å². The van der Waals surface area contributed by atoms with Gasteiger partial charge < -0.3 is 14.8 Å². The molecule has 136 valence electrons. The summed E-state index contributed by atoms with van der Waals surface area (Å²) >= 11 is 2.93. The Kier molecular flexibility index (Phi) is 4.02. The number of hydrogen-bond donors (Lipinski definition) is 1. The van der Waals surface area contributed by atoms with E-state index in [0.29, 0.717) is 18.3 Å². The zero-order valence-corrected chi connectivity index (χ0v) is 15.7. The monoisotopic (exact) mass is 398 g/mol. The number of anilines is 1. The van der Waals surface area contributed by atoms with Crippen molar-refractivity contribution in [2.45, 2.75) is 6.42 Å². The first-order valence-electron chi connectivity index (χ1n) is 8.31. The number of rotatable bonds is 4. The van der Waals surface area contributed by atoms with Crippen LogP contribution in [0, 0.1) is 0 Å². The standard InChI is InChI=1S/C18H14N4O3S2/c23-16(8-12-9-22-3-6-26-18(22)19-12)21-17-20-13(10-27-17)11-1-2-14-15(7-11)25-5-4-24-14/h1-3,6-7,9-10H,4-5,8H2,(H,20,21,23). The highest BCUT2D eigenvalue weighted by atomic mass is 32.1. The van der Waals surface area contributed by atoms with Crippen molar-refractivity contribution in [2.75, 3.05) is 18.5 Å². The second-order valence-corrected chi connectivity index (χ2v) is 7.68. The quantitative estimate of drug-likeness (QED) is 0.570. The van der Waals surface area contributed by atoms with E-state index in [9.17, 15) is 4.79 Å². The molecule has 0 radical (unpaired) electrons. The van der Waals surface area contributed by atoms with Gasteiger partial charge in [0, 0.05) is 28.7 Å². The summed E-state index contributed by atoms with van der Waals surface area (Å²) in [6.07, 6.45) is 4.01. The summed E-state index contributed by atoms with van der Waals surface area (Å²) in [5.41, 5.74) is 2.45. The Morgan fingerprint density at radius 3 is 2.96 bits per heavy atom. The molecule has 1 aliphatic rings. The van der Waals surface area contributed by atoms with Crippen LogP contribution in [-0.2, 0) is 11.2 Å². The molecule has 0 saturated carbocycles. The van der Waals surface area contributed by atoms with Crippen molar-refractivity contribution in [3.8, 4) is 22.8 Å². The van der Waals surface area contributed by atoms with Crippen molar-refractivity contribution in [3.05, 3.63) is 47.0 Å². The van der Waals surface area contributed by atoms with Crippen LogP contribution < -0.4 is 14.8 Å². The molecule has 9 heteroatoms. The van der Waals surface area contributed by atoms with E-state index in [-0.39, 0.29) is 12.3 Å². The first-order chi connectivity index (χ1) is 13.2. The molecule has 0 aliphatic carbocycles. The number of fused-ring (bicyclic) bond motifs is 2. The molecule has 1 N–H and O–H groups in total. The summed E-state index contributed by atoms with van der Waals surface area (Å²) in [6.45, 7) is 1.11. The van der Waals surface area contributed by atoms with Gasteiger partial charge in [-0.25, -0.2) is 9.97 Å². The van der Waals surface area contributed by atoms with Crippen LogP contribution in [0.15, 0.2) is 41.4 Å². The predicted molar refractivity (Wildman–Crippen MR) is 104 cm³/mol. The fraction of sp³-hybridized carbons (Fsp3) is 0.167. The minimum atomic E-state index is -0.135. The molecule has 0 fully saturated rings. The van der Waals surface area contributed by atoms with E-state index < -0.39 is 0 Å². The van der Waals surface area contributed by atoms with Gasteiger partial charge in [-0.05, 0) is 18.2 Å². The maximum atomic E-state index is 12.3. The van der Waals surface area contributed by atoms with Crippen molar-refractivity contribution in [3.63, 3.8) is 0 Å². The predicted octanol–water partition coefficient (Wildman–Crippen LogP) is 3.47. The van der Waals surface area contributed by atoms with E-state index in [1.165, 1.54) is 11.3 Å². The van der Waals surface area contributed by atoms with Gasteiger partial charge in [-0.1, -0.05) is 0 Å². The van der Waals surface area contributed by atoms with Crippen LogP contribution in [0.4, 0.5) is 5.13 Å². The average molecular weight is 398 g/mol. The van der Waals surface area contributed by atoms with Gasteiger partial charge >= 0.3 is 0 Å².